The minimum Gasteiger partial charge on any atom is -0.310 e. The zero-order valence-electron chi connectivity index (χ0n) is 13.7. The molecule has 0 bridgehead atoms. The molecule has 0 aliphatic heterocycles. The summed E-state index contributed by atoms with van der Waals surface area (Å²) >= 11 is 0. The number of nitrogens with one attached hydrogen (secondary N) is 1. The van der Waals surface area contributed by atoms with Crippen molar-refractivity contribution >= 4 is 11.7 Å². The van der Waals surface area contributed by atoms with Crippen molar-refractivity contribution in [2.24, 2.45) is 0 Å². The lowest BCUT2D eigenvalue weighted by Crippen LogP contribution is -2.35. The lowest BCUT2D eigenvalue weighted by Gasteiger charge is -2.32. The number of anilines is 1. The number of carbonyl (C=O) groups is 1. The van der Waals surface area contributed by atoms with Gasteiger partial charge in [-0.1, -0.05) is 30.3 Å². The Balaban J connectivity index is 1.64. The summed E-state index contributed by atoms with van der Waals surface area (Å²) in [5.41, 5.74) is 3.86. The van der Waals surface area contributed by atoms with E-state index in [4.69, 9.17) is 0 Å². The molecule has 1 heterocycles. The zero-order valence-corrected chi connectivity index (χ0v) is 13.7. The maximum Gasteiger partial charge on any atom is 0.239 e. The van der Waals surface area contributed by atoms with Gasteiger partial charge in [0.1, 0.15) is 5.82 Å². The quantitative estimate of drug-likeness (QED) is 0.942. The molecule has 1 atom stereocenters. The first kappa shape index (κ1) is 15.7. The van der Waals surface area contributed by atoms with Crippen LogP contribution in [0.1, 0.15) is 35.6 Å². The van der Waals surface area contributed by atoms with Gasteiger partial charge in [-0.2, -0.15) is 0 Å². The molecular formula is C19H23N3O. The van der Waals surface area contributed by atoms with Crippen molar-refractivity contribution < 1.29 is 4.79 Å². The third kappa shape index (κ3) is 3.77. The van der Waals surface area contributed by atoms with E-state index in [0.717, 1.165) is 18.4 Å². The molecule has 3 rings (SSSR count). The van der Waals surface area contributed by atoms with Crippen molar-refractivity contribution in [3.05, 3.63) is 59.3 Å². The van der Waals surface area contributed by atoms with Gasteiger partial charge < -0.3 is 5.32 Å². The summed E-state index contributed by atoms with van der Waals surface area (Å²) in [6, 6.07) is 12.7. The first-order chi connectivity index (χ1) is 11.1. The maximum absolute atomic E-state index is 12.3. The maximum atomic E-state index is 12.3. The summed E-state index contributed by atoms with van der Waals surface area (Å²) in [5.74, 6) is 0.588. The second kappa shape index (κ2) is 6.92. The number of fused-ring (bicyclic) bond motifs is 1. The number of nitrogens with zero attached hydrogens (tertiary/aromatic N) is 2. The number of aryl methyl sites for hydroxylation is 2. The Bertz CT molecular complexity index is 681. The van der Waals surface area contributed by atoms with Gasteiger partial charge in [0.15, 0.2) is 0 Å². The van der Waals surface area contributed by atoms with Crippen LogP contribution in [0, 0.1) is 6.92 Å². The molecule has 1 aromatic carbocycles. The average molecular weight is 309 g/mol. The molecule has 0 fully saturated rings. The second-order valence-corrected chi connectivity index (χ2v) is 6.29. The van der Waals surface area contributed by atoms with Crippen LogP contribution < -0.4 is 5.32 Å². The van der Waals surface area contributed by atoms with Crippen molar-refractivity contribution in [3.8, 4) is 0 Å². The highest BCUT2D eigenvalue weighted by atomic mass is 16.2. The lowest BCUT2D eigenvalue weighted by molar-refractivity contribution is -0.117. The minimum atomic E-state index is -0.0214. The summed E-state index contributed by atoms with van der Waals surface area (Å²) < 4.78 is 0. The predicted octanol–water partition coefficient (Wildman–Crippen LogP) is 3.34. The molecule has 0 unspecified atom stereocenters. The van der Waals surface area contributed by atoms with E-state index in [-0.39, 0.29) is 5.91 Å². The van der Waals surface area contributed by atoms with Gasteiger partial charge in [-0.25, -0.2) is 4.98 Å². The van der Waals surface area contributed by atoms with Crippen molar-refractivity contribution in [2.75, 3.05) is 18.9 Å². The van der Waals surface area contributed by atoms with E-state index in [1.54, 1.807) is 6.20 Å². The second-order valence-electron chi connectivity index (χ2n) is 6.29. The Morgan fingerprint density at radius 2 is 2.13 bits per heavy atom. The molecule has 2 aromatic rings. The van der Waals surface area contributed by atoms with E-state index in [1.165, 1.54) is 17.5 Å². The summed E-state index contributed by atoms with van der Waals surface area (Å²) in [5, 5.41) is 2.87. The number of hydrogen-bond acceptors (Lipinski definition) is 3. The fourth-order valence-corrected chi connectivity index (χ4v) is 3.25. The van der Waals surface area contributed by atoms with Gasteiger partial charge in [0, 0.05) is 12.2 Å². The standard InChI is InChI=1S/C19H23N3O/c1-14-10-11-18(20-12-14)21-19(23)13-22(2)17-9-5-7-15-6-3-4-8-16(15)17/h3-4,6,8,10-12,17H,5,7,9,13H2,1-2H3,(H,20,21,23)/t17-/m0/s1. The highest BCUT2D eigenvalue weighted by molar-refractivity contribution is 5.91. The molecule has 1 aliphatic carbocycles. The normalized spacial score (nSPS) is 16.9. The van der Waals surface area contributed by atoms with Gasteiger partial charge in [0.05, 0.1) is 6.54 Å². The molecule has 120 valence electrons. The molecule has 23 heavy (non-hydrogen) atoms. The van der Waals surface area contributed by atoms with Gasteiger partial charge in [0.25, 0.3) is 0 Å². The SMILES string of the molecule is Cc1ccc(NC(=O)CN(C)[C@H]2CCCc3ccccc32)nc1. The third-order valence-electron chi connectivity index (χ3n) is 4.44. The first-order valence-electron chi connectivity index (χ1n) is 8.14. The first-order valence-corrected chi connectivity index (χ1v) is 8.14. The summed E-state index contributed by atoms with van der Waals surface area (Å²) in [4.78, 5) is 18.6. The summed E-state index contributed by atoms with van der Waals surface area (Å²) in [6.07, 6.45) is 5.17. The number of likely N-dealkylation sites (N-methyl/N-ethyl adjacent to an activating group) is 1. The molecule has 0 saturated heterocycles. The minimum absolute atomic E-state index is 0.0214. The van der Waals surface area contributed by atoms with Crippen LogP contribution in [-0.4, -0.2) is 29.4 Å². The van der Waals surface area contributed by atoms with Gasteiger partial charge in [-0.05, 0) is 56.0 Å². The molecule has 0 saturated carbocycles. The highest BCUT2D eigenvalue weighted by Gasteiger charge is 2.24. The number of aromatic nitrogens is 1. The Morgan fingerprint density at radius 1 is 1.30 bits per heavy atom. The highest BCUT2D eigenvalue weighted by Crippen LogP contribution is 2.33. The monoisotopic (exact) mass is 309 g/mol. The van der Waals surface area contributed by atoms with E-state index >= 15 is 0 Å². The predicted molar refractivity (Wildman–Crippen MR) is 92.4 cm³/mol. The number of carbonyl (C=O) groups excluding carboxylic acids is 1. The van der Waals surface area contributed by atoms with Crippen LogP contribution in [0.3, 0.4) is 0 Å². The number of rotatable bonds is 4. The smallest absolute Gasteiger partial charge is 0.239 e. The topological polar surface area (TPSA) is 45.2 Å². The number of benzene rings is 1. The Kier molecular flexibility index (Phi) is 4.72. The zero-order chi connectivity index (χ0) is 16.2. The summed E-state index contributed by atoms with van der Waals surface area (Å²) in [6.45, 7) is 2.35. The van der Waals surface area contributed by atoms with Gasteiger partial charge in [-0.15, -0.1) is 0 Å². The summed E-state index contributed by atoms with van der Waals surface area (Å²) in [7, 11) is 2.02. The van der Waals surface area contributed by atoms with Gasteiger partial charge in [-0.3, -0.25) is 9.69 Å². The van der Waals surface area contributed by atoms with E-state index in [9.17, 15) is 4.79 Å². The van der Waals surface area contributed by atoms with E-state index in [2.05, 4.69) is 39.5 Å². The van der Waals surface area contributed by atoms with Crippen LogP contribution in [0.15, 0.2) is 42.6 Å². The van der Waals surface area contributed by atoms with Crippen LogP contribution in [-0.2, 0) is 11.2 Å². The molecule has 1 N–H and O–H groups in total. The number of pyridine rings is 1. The van der Waals surface area contributed by atoms with Crippen LogP contribution >= 0.6 is 0 Å². The Morgan fingerprint density at radius 3 is 2.91 bits per heavy atom. The number of amides is 1. The molecular weight excluding hydrogens is 286 g/mol. The van der Waals surface area contributed by atoms with E-state index in [0.29, 0.717) is 18.4 Å². The molecule has 0 spiro atoms. The van der Waals surface area contributed by atoms with E-state index in [1.807, 2.05) is 26.1 Å². The largest absolute Gasteiger partial charge is 0.310 e. The fourth-order valence-electron chi connectivity index (χ4n) is 3.25. The van der Waals surface area contributed by atoms with Crippen LogP contribution in [0.25, 0.3) is 0 Å². The van der Waals surface area contributed by atoms with Crippen LogP contribution in [0.5, 0.6) is 0 Å². The average Bonchev–Trinajstić information content (AvgIpc) is 2.56. The molecule has 1 aliphatic rings. The van der Waals surface area contributed by atoms with Crippen molar-refractivity contribution in [1.82, 2.24) is 9.88 Å². The van der Waals surface area contributed by atoms with Gasteiger partial charge in [0.2, 0.25) is 5.91 Å². The lowest BCUT2D eigenvalue weighted by atomic mass is 9.87. The van der Waals surface area contributed by atoms with E-state index < -0.39 is 0 Å². The number of hydrogen-bond donors (Lipinski definition) is 1. The molecule has 4 heteroatoms. The van der Waals surface area contributed by atoms with Crippen molar-refractivity contribution in [1.29, 1.82) is 0 Å². The van der Waals surface area contributed by atoms with Gasteiger partial charge >= 0.3 is 0 Å². The molecule has 4 nitrogen and oxygen atoms in total. The molecule has 0 radical (unpaired) electrons. The van der Waals surface area contributed by atoms with Crippen molar-refractivity contribution in [2.45, 2.75) is 32.2 Å². The third-order valence-corrected chi connectivity index (χ3v) is 4.44. The fraction of sp³-hybridized carbons (Fsp3) is 0.368. The van der Waals surface area contributed by atoms with Crippen molar-refractivity contribution in [3.63, 3.8) is 0 Å². The van der Waals surface area contributed by atoms with Crippen LogP contribution in [0.2, 0.25) is 0 Å². The molecule has 1 aromatic heterocycles. The molecule has 1 amide bonds. The Labute approximate surface area is 137 Å². The Hall–Kier alpha value is -2.20. The van der Waals surface area contributed by atoms with Crippen LogP contribution in [0.4, 0.5) is 5.82 Å².